The normalized spacial score (nSPS) is 13.3. The predicted molar refractivity (Wildman–Crippen MR) is 124 cm³/mol. The van der Waals surface area contributed by atoms with Crippen LogP contribution in [0.15, 0.2) is 48.7 Å². The van der Waals surface area contributed by atoms with Crippen LogP contribution >= 0.6 is 7.60 Å². The van der Waals surface area contributed by atoms with E-state index in [-0.39, 0.29) is 11.3 Å². The van der Waals surface area contributed by atoms with Crippen LogP contribution in [0, 0.1) is 6.92 Å². The van der Waals surface area contributed by atoms with Crippen molar-refractivity contribution in [3.63, 3.8) is 0 Å². The number of benzene rings is 2. The van der Waals surface area contributed by atoms with E-state index in [4.69, 9.17) is 10.5 Å². The molecule has 184 valence electrons. The van der Waals surface area contributed by atoms with E-state index in [1.165, 1.54) is 6.07 Å². The number of methoxy groups -OCH3 is 1. The summed E-state index contributed by atoms with van der Waals surface area (Å²) in [5.74, 6) is 0.824. The van der Waals surface area contributed by atoms with Crippen LogP contribution in [0.1, 0.15) is 28.4 Å². The largest absolute Gasteiger partial charge is 0.806 e. The number of anilines is 1. The molecule has 2 heterocycles. The number of fused-ring (bicyclic) bond motifs is 3. The summed E-state index contributed by atoms with van der Waals surface area (Å²) in [6.07, 6.45) is 0.274. The summed E-state index contributed by atoms with van der Waals surface area (Å²) >= 11 is 0. The van der Waals surface area contributed by atoms with Gasteiger partial charge in [0.25, 0.3) is 0 Å². The van der Waals surface area contributed by atoms with E-state index in [0.29, 0.717) is 22.7 Å². The maximum atomic E-state index is 13.9. The highest BCUT2D eigenvalue weighted by atomic mass is 31.2. The Bertz CT molecular complexity index is 1480. The Hall–Kier alpha value is -3.17. The third-order valence-electron chi connectivity index (χ3n) is 5.98. The van der Waals surface area contributed by atoms with Gasteiger partial charge >= 0.3 is 5.66 Å². The van der Waals surface area contributed by atoms with Crippen molar-refractivity contribution in [1.29, 1.82) is 0 Å². The van der Waals surface area contributed by atoms with Crippen LogP contribution in [0.4, 0.5) is 14.6 Å². The lowest BCUT2D eigenvalue weighted by atomic mass is 9.99. The lowest BCUT2D eigenvalue weighted by Crippen LogP contribution is -2.37. The second-order valence-corrected chi connectivity index (χ2v) is 9.88. The van der Waals surface area contributed by atoms with Gasteiger partial charge in [0.1, 0.15) is 17.4 Å². The molecule has 0 amide bonds. The fourth-order valence-electron chi connectivity index (χ4n) is 3.98. The summed E-state index contributed by atoms with van der Waals surface area (Å²) in [6, 6.07) is 11.4. The molecule has 8 nitrogen and oxygen atoms in total. The first-order chi connectivity index (χ1) is 16.4. The van der Waals surface area contributed by atoms with E-state index in [9.17, 15) is 28.2 Å². The number of halogens is 2. The van der Waals surface area contributed by atoms with Gasteiger partial charge in [0, 0.05) is 24.6 Å². The molecular weight excluding hydrogens is 479 g/mol. The van der Waals surface area contributed by atoms with Crippen LogP contribution in [0.2, 0.25) is 0 Å². The van der Waals surface area contributed by atoms with E-state index in [2.05, 4.69) is 9.97 Å². The summed E-state index contributed by atoms with van der Waals surface area (Å²) in [5.41, 5.74) is 4.41. The Morgan fingerprint density at radius 3 is 2.54 bits per heavy atom. The van der Waals surface area contributed by atoms with Gasteiger partial charge in [-0.2, -0.15) is 8.78 Å². The number of nitrogens with two attached hydrogens (primary N) is 1. The van der Waals surface area contributed by atoms with E-state index in [1.807, 2.05) is 31.2 Å². The van der Waals surface area contributed by atoms with Crippen molar-refractivity contribution in [2.24, 2.45) is 0 Å². The minimum Gasteiger partial charge on any atom is -0.806 e. The SMILES string of the molecule is COc1ccc(CCc2cnc3c(N)nc4cc(C(O)C(F)(F)P(=O)([O-])[O-])ccc4c3c2)c(C)c1. The number of aliphatic hydroxyl groups excluding tert-OH is 1. The van der Waals surface area contributed by atoms with Gasteiger partial charge in [-0.3, -0.25) is 4.98 Å². The Labute approximate surface area is 199 Å². The number of ether oxygens (including phenoxy) is 1. The number of rotatable bonds is 7. The first-order valence-corrected chi connectivity index (χ1v) is 12.2. The van der Waals surface area contributed by atoms with Crippen LogP contribution in [0.3, 0.4) is 0 Å². The maximum absolute atomic E-state index is 13.9. The fourth-order valence-corrected chi connectivity index (χ4v) is 4.43. The van der Waals surface area contributed by atoms with E-state index in [0.717, 1.165) is 41.0 Å². The lowest BCUT2D eigenvalue weighted by molar-refractivity contribution is -0.339. The van der Waals surface area contributed by atoms with Crippen molar-refractivity contribution >= 4 is 35.2 Å². The van der Waals surface area contributed by atoms with Gasteiger partial charge in [0.15, 0.2) is 5.82 Å². The molecule has 0 saturated carbocycles. The average Bonchev–Trinajstić information content (AvgIpc) is 2.81. The Balaban J connectivity index is 1.70. The monoisotopic (exact) mass is 501 g/mol. The zero-order chi connectivity index (χ0) is 25.5. The molecule has 2 aromatic carbocycles. The molecular formula is C24H22F2N3O5P-2. The van der Waals surface area contributed by atoms with Gasteiger partial charge < -0.3 is 29.9 Å². The van der Waals surface area contributed by atoms with Gasteiger partial charge in [0.2, 0.25) is 0 Å². The number of hydrogen-bond acceptors (Lipinski definition) is 8. The first kappa shape index (κ1) is 24.9. The molecule has 0 radical (unpaired) electrons. The van der Waals surface area contributed by atoms with E-state index < -0.39 is 24.9 Å². The Kier molecular flexibility index (Phi) is 6.50. The summed E-state index contributed by atoms with van der Waals surface area (Å²) in [6.45, 7) is 2.00. The Morgan fingerprint density at radius 2 is 1.89 bits per heavy atom. The molecule has 0 spiro atoms. The minimum atomic E-state index is -6.39. The average molecular weight is 501 g/mol. The summed E-state index contributed by atoms with van der Waals surface area (Å²) in [7, 11) is -4.78. The number of aromatic nitrogens is 2. The van der Waals surface area contributed by atoms with Crippen molar-refractivity contribution in [1.82, 2.24) is 9.97 Å². The molecule has 1 atom stereocenters. The lowest BCUT2D eigenvalue weighted by Gasteiger charge is -2.40. The highest BCUT2D eigenvalue weighted by molar-refractivity contribution is 7.50. The van der Waals surface area contributed by atoms with Gasteiger partial charge in [0.05, 0.1) is 12.6 Å². The minimum absolute atomic E-state index is 0.0433. The highest BCUT2D eigenvalue weighted by Gasteiger charge is 2.43. The first-order valence-electron chi connectivity index (χ1n) is 10.6. The van der Waals surface area contributed by atoms with Crippen molar-refractivity contribution in [2.75, 3.05) is 12.8 Å². The predicted octanol–water partition coefficient (Wildman–Crippen LogP) is 3.01. The molecule has 0 saturated heterocycles. The second-order valence-electron chi connectivity index (χ2n) is 8.29. The van der Waals surface area contributed by atoms with Crippen LogP contribution < -0.4 is 20.3 Å². The quantitative estimate of drug-likeness (QED) is 0.290. The van der Waals surface area contributed by atoms with Gasteiger partial charge in [-0.05, 0) is 66.3 Å². The molecule has 0 aliphatic carbocycles. The number of pyridine rings is 2. The molecule has 4 rings (SSSR count). The zero-order valence-corrected chi connectivity index (χ0v) is 19.8. The van der Waals surface area contributed by atoms with Crippen molar-refractivity contribution in [2.45, 2.75) is 31.5 Å². The van der Waals surface area contributed by atoms with Crippen molar-refractivity contribution in [3.05, 3.63) is 70.9 Å². The number of nitrogens with zero attached hydrogens (tertiary/aromatic N) is 2. The second kappa shape index (κ2) is 9.13. The van der Waals surface area contributed by atoms with E-state index >= 15 is 0 Å². The molecule has 2 aromatic heterocycles. The molecule has 1 unspecified atom stereocenters. The highest BCUT2D eigenvalue weighted by Crippen LogP contribution is 2.53. The molecule has 11 heteroatoms. The van der Waals surface area contributed by atoms with Gasteiger partial charge in [-0.25, -0.2) is 4.98 Å². The summed E-state index contributed by atoms with van der Waals surface area (Å²) < 4.78 is 43.9. The molecule has 0 bridgehead atoms. The molecule has 3 N–H and O–H groups in total. The molecule has 0 aliphatic heterocycles. The van der Waals surface area contributed by atoms with Gasteiger partial charge in [-0.15, -0.1) is 0 Å². The number of hydrogen-bond donors (Lipinski definition) is 2. The van der Waals surface area contributed by atoms with Crippen molar-refractivity contribution < 1.29 is 33.0 Å². The van der Waals surface area contributed by atoms with E-state index in [1.54, 1.807) is 13.3 Å². The molecule has 35 heavy (non-hydrogen) atoms. The fraction of sp³-hybridized carbons (Fsp3) is 0.250. The molecule has 0 fully saturated rings. The number of alkyl halides is 2. The standard InChI is InChI=1S/C24H24F2N3O5P/c1-13-9-17(34-2)7-5-15(13)4-3-14-10-19-18-8-6-16(22(30)24(25,26)35(31,32)33)11-20(18)29-23(27)21(19)28-12-14/h5-12,22,30H,3-4H2,1-2H3,(H2,27,29)(H2,31,32,33)/p-2. The van der Waals surface area contributed by atoms with Crippen LogP contribution in [0.5, 0.6) is 5.75 Å². The van der Waals surface area contributed by atoms with Crippen LogP contribution in [-0.2, 0) is 17.4 Å². The number of nitrogen functional groups attached to an aromatic ring is 1. The third-order valence-corrected chi connectivity index (χ3v) is 6.96. The molecule has 0 aliphatic rings. The van der Waals surface area contributed by atoms with Crippen LogP contribution in [0.25, 0.3) is 21.8 Å². The summed E-state index contributed by atoms with van der Waals surface area (Å²) in [4.78, 5) is 30.4. The number of aliphatic hydroxyl groups is 1. The summed E-state index contributed by atoms with van der Waals surface area (Å²) in [5, 5.41) is 11.1. The molecule has 4 aromatic rings. The van der Waals surface area contributed by atoms with Crippen molar-refractivity contribution in [3.8, 4) is 5.75 Å². The van der Waals surface area contributed by atoms with Gasteiger partial charge in [-0.1, -0.05) is 18.2 Å². The number of aryl methyl sites for hydroxylation is 3. The van der Waals surface area contributed by atoms with Crippen LogP contribution in [-0.4, -0.2) is 27.8 Å². The zero-order valence-electron chi connectivity index (χ0n) is 18.9. The topological polar surface area (TPSA) is 144 Å². The third kappa shape index (κ3) is 4.70. The Morgan fingerprint density at radius 1 is 1.14 bits per heavy atom. The smallest absolute Gasteiger partial charge is 0.301 e. The maximum Gasteiger partial charge on any atom is 0.301 e.